The summed E-state index contributed by atoms with van der Waals surface area (Å²) in [6.45, 7) is 0.342. The predicted molar refractivity (Wildman–Crippen MR) is 117 cm³/mol. The fraction of sp³-hybridized carbons (Fsp3) is 0.462. The van der Waals surface area contributed by atoms with Crippen LogP contribution in [-0.2, 0) is 6.54 Å². The van der Waals surface area contributed by atoms with Crippen LogP contribution in [0.4, 0.5) is 8.78 Å². The Kier molecular flexibility index (Phi) is 5.06. The van der Waals surface area contributed by atoms with Crippen molar-refractivity contribution in [2.24, 2.45) is 11.8 Å². The first-order valence-corrected chi connectivity index (χ1v) is 11.3. The Hall–Kier alpha value is -2.76. The van der Waals surface area contributed by atoms with Crippen LogP contribution in [0.25, 0.3) is 0 Å². The highest BCUT2D eigenvalue weighted by molar-refractivity contribution is 5.95. The lowest BCUT2D eigenvalue weighted by Gasteiger charge is -2.59. The number of rotatable bonds is 5. The van der Waals surface area contributed by atoms with Crippen LogP contribution in [0, 0.1) is 17.7 Å². The first-order valence-electron chi connectivity index (χ1n) is 11.3. The van der Waals surface area contributed by atoms with Crippen LogP contribution in [0.5, 0.6) is 0 Å². The fourth-order valence-electron chi connectivity index (χ4n) is 6.56. The van der Waals surface area contributed by atoms with Gasteiger partial charge in [-0.3, -0.25) is 9.59 Å². The van der Waals surface area contributed by atoms with Gasteiger partial charge in [-0.25, -0.2) is 8.78 Å². The van der Waals surface area contributed by atoms with E-state index in [2.05, 4.69) is 5.32 Å². The lowest BCUT2D eigenvalue weighted by molar-refractivity contribution is -0.0937. The highest BCUT2D eigenvalue weighted by Gasteiger charge is 2.58. The predicted octanol–water partition coefficient (Wildman–Crippen LogP) is 4.89. The normalized spacial score (nSPS) is 30.2. The second-order valence-electron chi connectivity index (χ2n) is 10.2. The average Bonchev–Trinajstić information content (AvgIpc) is 2.71. The number of halogens is 2. The van der Waals surface area contributed by atoms with Crippen LogP contribution in [0.15, 0.2) is 48.5 Å². The zero-order chi connectivity index (χ0) is 22.5. The van der Waals surface area contributed by atoms with Gasteiger partial charge in [0.1, 0.15) is 11.5 Å². The summed E-state index contributed by atoms with van der Waals surface area (Å²) < 4.78 is 28.6. The molecule has 4 nitrogen and oxygen atoms in total. The molecule has 32 heavy (non-hydrogen) atoms. The summed E-state index contributed by atoms with van der Waals surface area (Å²) >= 11 is 0. The molecule has 0 saturated heterocycles. The quantitative estimate of drug-likeness (QED) is 0.723. The van der Waals surface area contributed by atoms with Crippen LogP contribution in [0.1, 0.15) is 64.8 Å². The molecule has 0 radical (unpaired) electrons. The summed E-state index contributed by atoms with van der Waals surface area (Å²) in [5.74, 6) is -0.109. The van der Waals surface area contributed by atoms with E-state index in [-0.39, 0.29) is 11.8 Å². The minimum atomic E-state index is -1.11. The van der Waals surface area contributed by atoms with Crippen LogP contribution < -0.4 is 5.32 Å². The third-order valence-corrected chi connectivity index (χ3v) is 7.42. The molecule has 6 rings (SSSR count). The fourth-order valence-corrected chi connectivity index (χ4v) is 6.56. The molecular formula is C26H28F2N2O2. The molecule has 4 aliphatic rings. The Morgan fingerprint density at radius 1 is 1.03 bits per heavy atom. The molecule has 4 fully saturated rings. The summed E-state index contributed by atoms with van der Waals surface area (Å²) in [5.41, 5.74) is 0.180. The molecule has 168 valence electrons. The van der Waals surface area contributed by atoms with E-state index in [9.17, 15) is 14.0 Å². The molecule has 2 amide bonds. The number of alkyl halides is 1. The summed E-state index contributed by atoms with van der Waals surface area (Å²) in [7, 11) is 1.66. The third-order valence-electron chi connectivity index (χ3n) is 7.42. The smallest absolute Gasteiger partial charge is 0.253 e. The first kappa shape index (κ1) is 21.1. The van der Waals surface area contributed by atoms with Crippen LogP contribution >= 0.6 is 0 Å². The van der Waals surface area contributed by atoms with Gasteiger partial charge < -0.3 is 10.2 Å². The highest BCUT2D eigenvalue weighted by atomic mass is 19.1. The number of carbonyl (C=O) groups is 2. The maximum absolute atomic E-state index is 15.2. The minimum Gasteiger partial charge on any atom is -0.346 e. The number of hydrogen-bond donors (Lipinski definition) is 1. The SMILES string of the molecule is CN(Cc1ccc(C(=O)NC23CC4CC(CC(F)(C4)C2)C3)cc1)C(=O)c1cccc(F)c1. The molecular weight excluding hydrogens is 410 g/mol. The van der Waals surface area contributed by atoms with Crippen LogP contribution in [0.3, 0.4) is 0 Å². The van der Waals surface area contributed by atoms with Crippen molar-refractivity contribution in [2.75, 3.05) is 7.05 Å². The van der Waals surface area contributed by atoms with Crippen molar-refractivity contribution in [1.82, 2.24) is 10.2 Å². The van der Waals surface area contributed by atoms with Crippen molar-refractivity contribution < 1.29 is 18.4 Å². The number of hydrogen-bond acceptors (Lipinski definition) is 2. The van der Waals surface area contributed by atoms with Gasteiger partial charge in [0.15, 0.2) is 0 Å². The topological polar surface area (TPSA) is 49.4 Å². The number of nitrogens with zero attached hydrogens (tertiary/aromatic N) is 1. The molecule has 4 aliphatic carbocycles. The van der Waals surface area contributed by atoms with Gasteiger partial charge in [0.05, 0.1) is 0 Å². The molecule has 0 aromatic heterocycles. The molecule has 6 heteroatoms. The molecule has 1 N–H and O–H groups in total. The van der Waals surface area contributed by atoms with Gasteiger partial charge in [0, 0.05) is 36.7 Å². The minimum absolute atomic E-state index is 0.161. The number of benzene rings is 2. The molecule has 0 aliphatic heterocycles. The van der Waals surface area contributed by atoms with Crippen molar-refractivity contribution in [3.05, 3.63) is 71.0 Å². The van der Waals surface area contributed by atoms with Gasteiger partial charge >= 0.3 is 0 Å². The van der Waals surface area contributed by atoms with Crippen molar-refractivity contribution in [3.8, 4) is 0 Å². The third kappa shape index (κ3) is 4.03. The second-order valence-corrected chi connectivity index (χ2v) is 10.2. The largest absolute Gasteiger partial charge is 0.346 e. The molecule has 0 spiro atoms. The van der Waals surface area contributed by atoms with Crippen molar-refractivity contribution >= 4 is 11.8 Å². The summed E-state index contributed by atoms with van der Waals surface area (Å²) in [6.07, 6.45) is 4.59. The van der Waals surface area contributed by atoms with Gasteiger partial charge in [0.25, 0.3) is 11.8 Å². The molecule has 4 bridgehead atoms. The van der Waals surface area contributed by atoms with Crippen molar-refractivity contribution in [1.29, 1.82) is 0 Å². The van der Waals surface area contributed by atoms with Gasteiger partial charge in [-0.05, 0) is 79.8 Å². The average molecular weight is 439 g/mol. The Morgan fingerprint density at radius 3 is 2.34 bits per heavy atom. The lowest BCUT2D eigenvalue weighted by Crippen LogP contribution is -2.64. The van der Waals surface area contributed by atoms with Gasteiger partial charge in [-0.1, -0.05) is 18.2 Å². The van der Waals surface area contributed by atoms with E-state index >= 15 is 4.39 Å². The summed E-state index contributed by atoms with van der Waals surface area (Å²) in [6, 6.07) is 12.8. The van der Waals surface area contributed by atoms with Gasteiger partial charge in [-0.15, -0.1) is 0 Å². The lowest BCUT2D eigenvalue weighted by atomic mass is 9.51. The van der Waals surface area contributed by atoms with Gasteiger partial charge in [0.2, 0.25) is 0 Å². The van der Waals surface area contributed by atoms with E-state index < -0.39 is 17.0 Å². The van der Waals surface area contributed by atoms with E-state index in [4.69, 9.17) is 0 Å². The van der Waals surface area contributed by atoms with Crippen molar-refractivity contribution in [3.63, 3.8) is 0 Å². The molecule has 4 saturated carbocycles. The maximum atomic E-state index is 15.2. The molecule has 2 unspecified atom stereocenters. The van der Waals surface area contributed by atoms with Crippen LogP contribution in [0.2, 0.25) is 0 Å². The maximum Gasteiger partial charge on any atom is 0.253 e. The molecule has 2 aromatic carbocycles. The standard InChI is InChI=1S/C26H28F2N2O2/c1-30(24(32)21-3-2-4-22(27)10-21)15-17-5-7-20(8-6-17)23(31)29-26-13-18-9-19(14-26)12-25(28,11-18)16-26/h2-8,10,18-19H,9,11-16H2,1H3,(H,29,31). The number of carbonyl (C=O) groups excluding carboxylic acids is 2. The Labute approximate surface area is 187 Å². The summed E-state index contributed by atoms with van der Waals surface area (Å²) in [4.78, 5) is 27.0. The monoisotopic (exact) mass is 438 g/mol. The zero-order valence-electron chi connectivity index (χ0n) is 18.2. The second kappa shape index (κ2) is 7.68. The highest BCUT2D eigenvalue weighted by Crippen LogP contribution is 2.59. The van der Waals surface area contributed by atoms with E-state index in [0.29, 0.717) is 48.8 Å². The van der Waals surface area contributed by atoms with Gasteiger partial charge in [-0.2, -0.15) is 0 Å². The Balaban J connectivity index is 1.23. The molecule has 2 aromatic rings. The summed E-state index contributed by atoms with van der Waals surface area (Å²) in [5, 5.41) is 3.19. The Morgan fingerprint density at radius 2 is 1.72 bits per heavy atom. The van der Waals surface area contributed by atoms with E-state index in [1.54, 1.807) is 25.2 Å². The van der Waals surface area contributed by atoms with E-state index in [1.165, 1.54) is 23.1 Å². The first-order chi connectivity index (χ1) is 15.2. The van der Waals surface area contributed by atoms with E-state index in [0.717, 1.165) is 24.8 Å². The Bertz CT molecular complexity index is 1040. The zero-order valence-corrected chi connectivity index (χ0v) is 18.2. The number of nitrogens with one attached hydrogen (secondary N) is 1. The molecule has 0 heterocycles. The van der Waals surface area contributed by atoms with E-state index in [1.807, 2.05) is 12.1 Å². The van der Waals surface area contributed by atoms with Crippen LogP contribution in [-0.4, -0.2) is 35.0 Å². The number of amides is 2. The molecule has 2 atom stereocenters. The van der Waals surface area contributed by atoms with Crippen molar-refractivity contribution in [2.45, 2.75) is 56.3 Å².